The molecule has 2 aromatic heterocycles. The number of nitrogens with zero attached hydrogens (tertiary/aromatic N) is 1. The molecule has 2 heterocycles. The minimum absolute atomic E-state index is 0.338. The zero-order valence-electron chi connectivity index (χ0n) is 11.2. The van der Waals surface area contributed by atoms with Crippen molar-refractivity contribution in [3.05, 3.63) is 51.5 Å². The van der Waals surface area contributed by atoms with Gasteiger partial charge in [0.2, 0.25) is 0 Å². The van der Waals surface area contributed by atoms with E-state index in [0.717, 1.165) is 12.8 Å². The van der Waals surface area contributed by atoms with Gasteiger partial charge in [-0.2, -0.15) is 11.3 Å². The van der Waals surface area contributed by atoms with Crippen molar-refractivity contribution in [1.29, 1.82) is 0 Å². The van der Waals surface area contributed by atoms with Crippen LogP contribution in [0.25, 0.3) is 0 Å². The first kappa shape index (κ1) is 13.2. The predicted octanol–water partition coefficient (Wildman–Crippen LogP) is 3.65. The molecule has 18 heavy (non-hydrogen) atoms. The summed E-state index contributed by atoms with van der Waals surface area (Å²) in [5.41, 5.74) is 5.10. The Morgan fingerprint density at radius 3 is 2.83 bits per heavy atom. The molecule has 2 rings (SSSR count). The van der Waals surface area contributed by atoms with Gasteiger partial charge in [0.1, 0.15) is 0 Å². The van der Waals surface area contributed by atoms with E-state index in [-0.39, 0.29) is 0 Å². The first-order chi connectivity index (χ1) is 8.70. The van der Waals surface area contributed by atoms with Gasteiger partial charge in [-0.05, 0) is 67.3 Å². The highest BCUT2D eigenvalue weighted by molar-refractivity contribution is 7.07. The van der Waals surface area contributed by atoms with Crippen molar-refractivity contribution in [2.45, 2.75) is 32.7 Å². The van der Waals surface area contributed by atoms with Gasteiger partial charge in [-0.25, -0.2) is 0 Å². The van der Waals surface area contributed by atoms with Crippen LogP contribution in [0.4, 0.5) is 0 Å². The van der Waals surface area contributed by atoms with Gasteiger partial charge in [-0.1, -0.05) is 6.07 Å². The van der Waals surface area contributed by atoms with Gasteiger partial charge in [0, 0.05) is 12.2 Å². The lowest BCUT2D eigenvalue weighted by Crippen LogP contribution is -2.19. The third kappa shape index (κ3) is 3.18. The molecule has 0 spiro atoms. The highest BCUT2D eigenvalue weighted by Gasteiger charge is 2.13. The van der Waals surface area contributed by atoms with Crippen LogP contribution in [0.2, 0.25) is 0 Å². The van der Waals surface area contributed by atoms with Gasteiger partial charge in [0.05, 0.1) is 5.69 Å². The molecule has 0 fully saturated rings. The molecule has 1 N–H and O–H groups in total. The maximum atomic E-state index is 4.59. The van der Waals surface area contributed by atoms with Crippen molar-refractivity contribution in [3.63, 3.8) is 0 Å². The fourth-order valence-electron chi connectivity index (χ4n) is 2.25. The van der Waals surface area contributed by atoms with Gasteiger partial charge < -0.3 is 5.32 Å². The number of thiophene rings is 1. The number of rotatable bonds is 5. The maximum absolute atomic E-state index is 4.59. The second-order valence-corrected chi connectivity index (χ2v) is 5.51. The van der Waals surface area contributed by atoms with E-state index in [1.807, 2.05) is 13.2 Å². The largest absolute Gasteiger partial charge is 0.312 e. The molecular weight excluding hydrogens is 240 g/mol. The van der Waals surface area contributed by atoms with Crippen molar-refractivity contribution in [2.75, 3.05) is 7.05 Å². The molecule has 0 saturated heterocycles. The quantitative estimate of drug-likeness (QED) is 0.887. The fraction of sp³-hybridized carbons (Fsp3) is 0.400. The Bertz CT molecular complexity index is 491. The van der Waals surface area contributed by atoms with Gasteiger partial charge in [-0.15, -0.1) is 0 Å². The number of hydrogen-bond donors (Lipinski definition) is 1. The Morgan fingerprint density at radius 2 is 2.22 bits per heavy atom. The molecular formula is C15H20N2S. The van der Waals surface area contributed by atoms with Crippen molar-refractivity contribution in [2.24, 2.45) is 0 Å². The van der Waals surface area contributed by atoms with Crippen LogP contribution in [0.1, 0.15) is 34.8 Å². The Labute approximate surface area is 113 Å². The molecule has 2 nitrogen and oxygen atoms in total. The molecule has 1 atom stereocenters. The molecule has 0 aliphatic heterocycles. The zero-order chi connectivity index (χ0) is 13.0. The van der Waals surface area contributed by atoms with E-state index in [1.54, 1.807) is 11.3 Å². The fourth-order valence-corrected chi connectivity index (χ4v) is 2.96. The lowest BCUT2D eigenvalue weighted by Gasteiger charge is -2.17. The highest BCUT2D eigenvalue weighted by atomic mass is 32.1. The van der Waals surface area contributed by atoms with Gasteiger partial charge >= 0.3 is 0 Å². The monoisotopic (exact) mass is 260 g/mol. The molecule has 0 amide bonds. The summed E-state index contributed by atoms with van der Waals surface area (Å²) in [6.45, 7) is 4.23. The molecule has 1 unspecified atom stereocenters. The standard InChI is InChI=1S/C15H20N2S/c1-11-8-12(2)15(17-9-11)14(16-3)5-4-13-6-7-18-10-13/h6-10,14,16H,4-5H2,1-3H3. The Kier molecular flexibility index (Phi) is 4.50. The lowest BCUT2D eigenvalue weighted by molar-refractivity contribution is 0.533. The van der Waals surface area contributed by atoms with E-state index >= 15 is 0 Å². The number of nitrogens with one attached hydrogen (secondary N) is 1. The average molecular weight is 260 g/mol. The molecule has 96 valence electrons. The molecule has 0 aliphatic rings. The minimum Gasteiger partial charge on any atom is -0.312 e. The van der Waals surface area contributed by atoms with Crippen LogP contribution < -0.4 is 5.32 Å². The van der Waals surface area contributed by atoms with Gasteiger partial charge in [0.15, 0.2) is 0 Å². The van der Waals surface area contributed by atoms with E-state index < -0.39 is 0 Å². The van der Waals surface area contributed by atoms with Crippen LogP contribution in [-0.4, -0.2) is 12.0 Å². The van der Waals surface area contributed by atoms with E-state index in [9.17, 15) is 0 Å². The number of hydrogen-bond acceptors (Lipinski definition) is 3. The topological polar surface area (TPSA) is 24.9 Å². The zero-order valence-corrected chi connectivity index (χ0v) is 12.1. The summed E-state index contributed by atoms with van der Waals surface area (Å²) in [6.07, 6.45) is 4.14. The SMILES string of the molecule is CNC(CCc1ccsc1)c1ncc(C)cc1C. The molecule has 0 bridgehead atoms. The van der Waals surface area contributed by atoms with Gasteiger partial charge in [-0.3, -0.25) is 4.98 Å². The van der Waals surface area contributed by atoms with E-state index in [0.29, 0.717) is 6.04 Å². The average Bonchev–Trinajstić information content (AvgIpc) is 2.85. The van der Waals surface area contributed by atoms with E-state index in [1.165, 1.54) is 22.4 Å². The van der Waals surface area contributed by atoms with Crippen molar-refractivity contribution < 1.29 is 0 Å². The van der Waals surface area contributed by atoms with Crippen molar-refractivity contribution in [1.82, 2.24) is 10.3 Å². The molecule has 0 aliphatic carbocycles. The Balaban J connectivity index is 2.08. The smallest absolute Gasteiger partial charge is 0.0602 e. The molecule has 0 aromatic carbocycles. The molecule has 0 saturated carbocycles. The summed E-state index contributed by atoms with van der Waals surface area (Å²) >= 11 is 1.76. The first-order valence-corrected chi connectivity index (χ1v) is 7.26. The van der Waals surface area contributed by atoms with Crippen LogP contribution in [0, 0.1) is 13.8 Å². The van der Waals surface area contributed by atoms with Crippen LogP contribution in [0.5, 0.6) is 0 Å². The minimum atomic E-state index is 0.338. The Morgan fingerprint density at radius 1 is 1.39 bits per heavy atom. The van der Waals surface area contributed by atoms with Crippen LogP contribution in [0.3, 0.4) is 0 Å². The van der Waals surface area contributed by atoms with Crippen LogP contribution in [0.15, 0.2) is 29.1 Å². The number of pyridine rings is 1. The lowest BCUT2D eigenvalue weighted by atomic mass is 10.0. The van der Waals surface area contributed by atoms with E-state index in [2.05, 4.69) is 47.0 Å². The normalized spacial score (nSPS) is 12.6. The van der Waals surface area contributed by atoms with Crippen molar-refractivity contribution >= 4 is 11.3 Å². The summed E-state index contributed by atoms with van der Waals surface area (Å²) in [5, 5.41) is 7.74. The maximum Gasteiger partial charge on any atom is 0.0602 e. The van der Waals surface area contributed by atoms with Crippen LogP contribution >= 0.6 is 11.3 Å². The first-order valence-electron chi connectivity index (χ1n) is 6.32. The predicted molar refractivity (Wildman–Crippen MR) is 78.2 cm³/mol. The second kappa shape index (κ2) is 6.12. The second-order valence-electron chi connectivity index (χ2n) is 4.73. The van der Waals surface area contributed by atoms with Crippen molar-refractivity contribution in [3.8, 4) is 0 Å². The summed E-state index contributed by atoms with van der Waals surface area (Å²) in [7, 11) is 2.01. The molecule has 3 heteroatoms. The summed E-state index contributed by atoms with van der Waals surface area (Å²) in [4.78, 5) is 4.59. The third-order valence-corrected chi connectivity index (χ3v) is 3.97. The number of aryl methyl sites for hydroxylation is 3. The van der Waals surface area contributed by atoms with E-state index in [4.69, 9.17) is 0 Å². The molecule has 2 aromatic rings. The molecule has 0 radical (unpaired) electrons. The number of aromatic nitrogens is 1. The summed E-state index contributed by atoms with van der Waals surface area (Å²) in [6, 6.07) is 4.75. The van der Waals surface area contributed by atoms with Crippen LogP contribution in [-0.2, 0) is 6.42 Å². The van der Waals surface area contributed by atoms with Gasteiger partial charge in [0.25, 0.3) is 0 Å². The Hall–Kier alpha value is -1.19. The summed E-state index contributed by atoms with van der Waals surface area (Å²) < 4.78 is 0. The summed E-state index contributed by atoms with van der Waals surface area (Å²) in [5.74, 6) is 0. The highest BCUT2D eigenvalue weighted by Crippen LogP contribution is 2.21. The third-order valence-electron chi connectivity index (χ3n) is 3.24.